The van der Waals surface area contributed by atoms with Crippen LogP contribution in [0.15, 0.2) is 33.5 Å². The maximum Gasteiger partial charge on any atom is 0.336 e. The molecule has 8 heteroatoms. The van der Waals surface area contributed by atoms with Gasteiger partial charge in [0.05, 0.1) is 5.41 Å². The summed E-state index contributed by atoms with van der Waals surface area (Å²) >= 11 is 0. The molecule has 2 aromatic rings. The molecule has 1 saturated carbocycles. The van der Waals surface area contributed by atoms with Crippen molar-refractivity contribution in [1.29, 1.82) is 0 Å². The van der Waals surface area contributed by atoms with E-state index >= 15 is 0 Å². The Morgan fingerprint density at radius 1 is 1.12 bits per heavy atom. The second kappa shape index (κ2) is 9.14. The number of anilines is 1. The molecule has 0 radical (unpaired) electrons. The van der Waals surface area contributed by atoms with Gasteiger partial charge in [-0.2, -0.15) is 0 Å². The molecule has 0 atom stereocenters. The SMILES string of the molecule is CC(=O)Nc1ccc2c(COC(=O)C3(CC(=O)NC(C)(C)C)CCCC3)cc(=O)oc2c1. The number of esters is 1. The van der Waals surface area contributed by atoms with Gasteiger partial charge in [0.15, 0.2) is 0 Å². The Balaban J connectivity index is 1.78. The van der Waals surface area contributed by atoms with Crippen LogP contribution in [-0.2, 0) is 25.7 Å². The second-order valence-electron chi connectivity index (χ2n) is 9.52. The summed E-state index contributed by atoms with van der Waals surface area (Å²) in [6, 6.07) is 6.24. The highest BCUT2D eigenvalue weighted by atomic mass is 16.5. The van der Waals surface area contributed by atoms with Gasteiger partial charge in [0.1, 0.15) is 12.2 Å². The van der Waals surface area contributed by atoms with Crippen molar-refractivity contribution in [2.24, 2.45) is 5.41 Å². The molecule has 0 bridgehead atoms. The second-order valence-corrected chi connectivity index (χ2v) is 9.52. The summed E-state index contributed by atoms with van der Waals surface area (Å²) in [4.78, 5) is 48.9. The lowest BCUT2D eigenvalue weighted by molar-refractivity contribution is -0.159. The molecule has 1 aliphatic rings. The van der Waals surface area contributed by atoms with Crippen LogP contribution in [0.4, 0.5) is 5.69 Å². The maximum atomic E-state index is 13.1. The highest BCUT2D eigenvalue weighted by Crippen LogP contribution is 2.42. The smallest absolute Gasteiger partial charge is 0.336 e. The number of ether oxygens (including phenoxy) is 1. The van der Waals surface area contributed by atoms with Gasteiger partial charge in [0.25, 0.3) is 0 Å². The Hall–Kier alpha value is -3.16. The van der Waals surface area contributed by atoms with Crippen LogP contribution < -0.4 is 16.3 Å². The molecule has 1 aromatic heterocycles. The number of hydrogen-bond acceptors (Lipinski definition) is 6. The number of nitrogens with one attached hydrogen (secondary N) is 2. The van der Waals surface area contributed by atoms with Crippen LogP contribution in [0.2, 0.25) is 0 Å². The average molecular weight is 443 g/mol. The number of hydrogen-bond donors (Lipinski definition) is 2. The number of carbonyl (C=O) groups excluding carboxylic acids is 3. The number of amides is 2. The Kier molecular flexibility index (Phi) is 6.71. The van der Waals surface area contributed by atoms with Gasteiger partial charge in [-0.1, -0.05) is 12.8 Å². The van der Waals surface area contributed by atoms with Crippen molar-refractivity contribution in [2.45, 2.75) is 71.9 Å². The van der Waals surface area contributed by atoms with Gasteiger partial charge in [0, 0.05) is 47.7 Å². The largest absolute Gasteiger partial charge is 0.460 e. The number of fused-ring (bicyclic) bond motifs is 1. The van der Waals surface area contributed by atoms with Crippen molar-refractivity contribution in [1.82, 2.24) is 5.32 Å². The molecule has 0 unspecified atom stereocenters. The van der Waals surface area contributed by atoms with Gasteiger partial charge in [-0.25, -0.2) is 4.79 Å². The van der Waals surface area contributed by atoms with Gasteiger partial charge >= 0.3 is 11.6 Å². The predicted molar refractivity (Wildman–Crippen MR) is 120 cm³/mol. The normalized spacial score (nSPS) is 15.4. The molecule has 1 aliphatic carbocycles. The van der Waals surface area contributed by atoms with E-state index in [2.05, 4.69) is 10.6 Å². The van der Waals surface area contributed by atoms with Gasteiger partial charge in [-0.3, -0.25) is 14.4 Å². The van der Waals surface area contributed by atoms with E-state index in [9.17, 15) is 19.2 Å². The molecule has 1 aromatic carbocycles. The molecule has 0 saturated heterocycles. The molecule has 172 valence electrons. The number of carbonyl (C=O) groups is 3. The lowest BCUT2D eigenvalue weighted by Crippen LogP contribution is -2.44. The van der Waals surface area contributed by atoms with Crippen LogP contribution in [-0.4, -0.2) is 23.3 Å². The summed E-state index contributed by atoms with van der Waals surface area (Å²) in [5, 5.41) is 6.17. The fourth-order valence-electron chi connectivity index (χ4n) is 4.20. The monoisotopic (exact) mass is 442 g/mol. The first-order chi connectivity index (χ1) is 15.0. The zero-order valence-corrected chi connectivity index (χ0v) is 19.0. The van der Waals surface area contributed by atoms with Crippen LogP contribution in [0.25, 0.3) is 11.0 Å². The van der Waals surface area contributed by atoms with Gasteiger partial charge < -0.3 is 19.8 Å². The Labute approximate surface area is 186 Å². The highest BCUT2D eigenvalue weighted by molar-refractivity contribution is 5.92. The first kappa shape index (κ1) is 23.5. The Morgan fingerprint density at radius 2 is 1.81 bits per heavy atom. The third-order valence-electron chi connectivity index (χ3n) is 5.52. The lowest BCUT2D eigenvalue weighted by atomic mass is 9.82. The van der Waals surface area contributed by atoms with Crippen LogP contribution in [0.3, 0.4) is 0 Å². The van der Waals surface area contributed by atoms with Crippen molar-refractivity contribution in [2.75, 3.05) is 5.32 Å². The van der Waals surface area contributed by atoms with Gasteiger partial charge in [0.2, 0.25) is 11.8 Å². The Bertz CT molecular complexity index is 1090. The summed E-state index contributed by atoms with van der Waals surface area (Å²) in [6.45, 7) is 6.97. The maximum absolute atomic E-state index is 13.1. The molecule has 1 heterocycles. The quantitative estimate of drug-likeness (QED) is 0.521. The van der Waals surface area contributed by atoms with Crippen LogP contribution in [0.1, 0.15) is 65.4 Å². The van der Waals surface area contributed by atoms with Crippen molar-refractivity contribution in [3.05, 3.63) is 40.2 Å². The molecular weight excluding hydrogens is 412 g/mol. The number of benzene rings is 1. The van der Waals surface area contributed by atoms with E-state index in [0.29, 0.717) is 29.5 Å². The fraction of sp³-hybridized carbons (Fsp3) is 0.500. The van der Waals surface area contributed by atoms with Crippen molar-refractivity contribution in [3.63, 3.8) is 0 Å². The fourth-order valence-corrected chi connectivity index (χ4v) is 4.20. The standard InChI is InChI=1S/C24H30N2O6/c1-15(27)25-17-7-8-18-16(11-21(29)32-19(18)12-17)14-31-22(30)24(9-5-6-10-24)13-20(28)26-23(2,3)4/h7-8,11-12H,5-6,9-10,13-14H2,1-4H3,(H,25,27)(H,26,28). The topological polar surface area (TPSA) is 115 Å². The van der Waals surface area contributed by atoms with E-state index in [1.165, 1.54) is 13.0 Å². The predicted octanol–water partition coefficient (Wildman–Crippen LogP) is 3.66. The summed E-state index contributed by atoms with van der Waals surface area (Å²) in [7, 11) is 0. The molecule has 1 fully saturated rings. The minimum atomic E-state index is -0.844. The summed E-state index contributed by atoms with van der Waals surface area (Å²) < 4.78 is 10.9. The van der Waals surface area contributed by atoms with Crippen LogP contribution in [0.5, 0.6) is 0 Å². The molecule has 32 heavy (non-hydrogen) atoms. The van der Waals surface area contributed by atoms with Crippen LogP contribution >= 0.6 is 0 Å². The van der Waals surface area contributed by atoms with Crippen molar-refractivity contribution in [3.8, 4) is 0 Å². The van der Waals surface area contributed by atoms with E-state index in [-0.39, 0.29) is 36.0 Å². The third-order valence-corrected chi connectivity index (χ3v) is 5.52. The van der Waals surface area contributed by atoms with Crippen LogP contribution in [0, 0.1) is 5.41 Å². The van der Waals surface area contributed by atoms with E-state index in [0.717, 1.165) is 12.8 Å². The third kappa shape index (κ3) is 5.75. The molecular formula is C24H30N2O6. The number of rotatable bonds is 6. The highest BCUT2D eigenvalue weighted by Gasteiger charge is 2.44. The first-order valence-corrected chi connectivity index (χ1v) is 10.8. The molecule has 0 aliphatic heterocycles. The van der Waals surface area contributed by atoms with E-state index in [4.69, 9.17) is 9.15 Å². The molecule has 2 amide bonds. The molecule has 2 N–H and O–H groups in total. The lowest BCUT2D eigenvalue weighted by Gasteiger charge is -2.28. The zero-order valence-electron chi connectivity index (χ0n) is 19.0. The summed E-state index contributed by atoms with van der Waals surface area (Å²) in [5.41, 5.74) is -0.515. The zero-order chi connectivity index (χ0) is 23.5. The van der Waals surface area contributed by atoms with E-state index in [1.807, 2.05) is 20.8 Å². The minimum absolute atomic E-state index is 0.0842. The Morgan fingerprint density at radius 3 is 2.44 bits per heavy atom. The summed E-state index contributed by atoms with van der Waals surface area (Å²) in [6.07, 6.45) is 3.01. The van der Waals surface area contributed by atoms with Crippen molar-refractivity contribution >= 4 is 34.4 Å². The average Bonchev–Trinajstić information content (AvgIpc) is 3.12. The molecule has 8 nitrogen and oxygen atoms in total. The van der Waals surface area contributed by atoms with Crippen molar-refractivity contribution < 1.29 is 23.5 Å². The summed E-state index contributed by atoms with van der Waals surface area (Å²) in [5.74, 6) is -0.836. The van der Waals surface area contributed by atoms with Gasteiger partial charge in [-0.05, 0) is 45.7 Å². The minimum Gasteiger partial charge on any atom is -0.460 e. The molecule has 0 spiro atoms. The van der Waals surface area contributed by atoms with E-state index < -0.39 is 17.0 Å². The van der Waals surface area contributed by atoms with E-state index in [1.54, 1.807) is 18.2 Å². The van der Waals surface area contributed by atoms with Gasteiger partial charge in [-0.15, -0.1) is 0 Å². The molecule has 3 rings (SSSR count). The first-order valence-electron chi connectivity index (χ1n) is 10.8.